The lowest BCUT2D eigenvalue weighted by Crippen LogP contribution is -2.49. The van der Waals surface area contributed by atoms with E-state index in [1.54, 1.807) is 20.4 Å². The largest absolute Gasteiger partial charge is 0.493 e. The molecule has 1 saturated heterocycles. The molecule has 0 bridgehead atoms. The van der Waals surface area contributed by atoms with Crippen LogP contribution in [0.5, 0.6) is 11.5 Å². The zero-order chi connectivity index (χ0) is 21.1. The summed E-state index contributed by atoms with van der Waals surface area (Å²) in [5.41, 5.74) is 2.44. The predicted octanol–water partition coefficient (Wildman–Crippen LogP) is 2.97. The Bertz CT molecular complexity index is 999. The highest BCUT2D eigenvalue weighted by Crippen LogP contribution is 2.32. The van der Waals surface area contributed by atoms with Crippen LogP contribution in [0.4, 0.5) is 11.5 Å². The number of methoxy groups -OCH3 is 2. The van der Waals surface area contributed by atoms with Gasteiger partial charge in [-0.15, -0.1) is 0 Å². The number of nitrogens with one attached hydrogen (secondary N) is 2. The third-order valence-corrected chi connectivity index (χ3v) is 5.38. The normalized spacial score (nSPS) is 14.1. The fourth-order valence-electron chi connectivity index (χ4n) is 3.84. The molecule has 0 spiro atoms. The van der Waals surface area contributed by atoms with Gasteiger partial charge in [-0.1, -0.05) is 0 Å². The van der Waals surface area contributed by atoms with E-state index in [0.29, 0.717) is 30.3 Å². The van der Waals surface area contributed by atoms with Crippen molar-refractivity contribution in [3.05, 3.63) is 42.2 Å². The number of hydrogen-bond donors (Lipinski definition) is 2. The lowest BCUT2D eigenvalue weighted by Gasteiger charge is -2.36. The molecule has 0 aliphatic carbocycles. The number of hydrogen-bond acceptors (Lipinski definition) is 6. The Morgan fingerprint density at radius 2 is 1.87 bits per heavy atom. The van der Waals surface area contributed by atoms with Crippen molar-refractivity contribution in [1.82, 2.24) is 14.9 Å². The maximum Gasteiger partial charge on any atom is 0.270 e. The Balaban J connectivity index is 1.48. The second kappa shape index (κ2) is 8.52. The van der Waals surface area contributed by atoms with E-state index in [-0.39, 0.29) is 5.91 Å². The van der Waals surface area contributed by atoms with Crippen LogP contribution in [0.1, 0.15) is 17.4 Å². The van der Waals surface area contributed by atoms with Gasteiger partial charge in [-0.05, 0) is 31.2 Å². The van der Waals surface area contributed by atoms with Crippen molar-refractivity contribution in [2.24, 2.45) is 0 Å². The number of carbonyl (C=O) groups is 1. The van der Waals surface area contributed by atoms with E-state index in [9.17, 15) is 4.79 Å². The molecule has 0 unspecified atom stereocenters. The Hall–Kier alpha value is -3.42. The van der Waals surface area contributed by atoms with Crippen molar-refractivity contribution < 1.29 is 14.3 Å². The maximum absolute atomic E-state index is 13.1. The van der Waals surface area contributed by atoms with Crippen molar-refractivity contribution >= 4 is 28.3 Å². The number of aromatic nitrogens is 2. The van der Waals surface area contributed by atoms with E-state index in [2.05, 4.69) is 27.1 Å². The predicted molar refractivity (Wildman–Crippen MR) is 118 cm³/mol. The van der Waals surface area contributed by atoms with Gasteiger partial charge in [-0.25, -0.2) is 4.98 Å². The molecule has 158 valence electrons. The van der Waals surface area contributed by atoms with Gasteiger partial charge in [0.2, 0.25) is 0 Å². The lowest BCUT2D eigenvalue weighted by molar-refractivity contribution is 0.0741. The van der Waals surface area contributed by atoms with Crippen LogP contribution in [0.15, 0.2) is 36.5 Å². The molecule has 0 atom stereocenters. The third kappa shape index (κ3) is 3.72. The van der Waals surface area contributed by atoms with Crippen molar-refractivity contribution in [2.75, 3.05) is 57.2 Å². The standard InChI is InChI=1S/C22H27N5O3/c1-4-23-16-6-5-7-24-21(16)26-8-10-27(11-9-26)22(28)18-12-15-13-19(29-2)20(30-3)14-17(15)25-18/h5-7,12-14,23,25H,4,8-11H2,1-3H3. The first-order chi connectivity index (χ1) is 14.6. The Labute approximate surface area is 175 Å². The Kier molecular flexibility index (Phi) is 5.65. The first kappa shape index (κ1) is 19.9. The van der Waals surface area contributed by atoms with Crippen LogP contribution < -0.4 is 19.7 Å². The zero-order valence-corrected chi connectivity index (χ0v) is 17.6. The number of benzene rings is 1. The van der Waals surface area contributed by atoms with Crippen LogP contribution in [-0.4, -0.2) is 67.7 Å². The van der Waals surface area contributed by atoms with Crippen LogP contribution in [-0.2, 0) is 0 Å². The van der Waals surface area contributed by atoms with Crippen molar-refractivity contribution in [2.45, 2.75) is 6.92 Å². The summed E-state index contributed by atoms with van der Waals surface area (Å²) in [5.74, 6) is 2.21. The highest BCUT2D eigenvalue weighted by Gasteiger charge is 2.25. The quantitative estimate of drug-likeness (QED) is 0.651. The molecule has 2 aromatic heterocycles. The number of aromatic amines is 1. The molecule has 1 amide bonds. The van der Waals surface area contributed by atoms with Crippen LogP contribution in [0.25, 0.3) is 10.9 Å². The smallest absolute Gasteiger partial charge is 0.270 e. The number of ether oxygens (including phenoxy) is 2. The van der Waals surface area contributed by atoms with Crippen molar-refractivity contribution in [3.63, 3.8) is 0 Å². The molecular weight excluding hydrogens is 382 g/mol. The van der Waals surface area contributed by atoms with Gasteiger partial charge in [-0.2, -0.15) is 0 Å². The molecule has 8 nitrogen and oxygen atoms in total. The minimum Gasteiger partial charge on any atom is -0.493 e. The van der Waals surface area contributed by atoms with E-state index in [1.165, 1.54) is 0 Å². The number of carbonyl (C=O) groups excluding carboxylic acids is 1. The van der Waals surface area contributed by atoms with Gasteiger partial charge >= 0.3 is 0 Å². The van der Waals surface area contributed by atoms with Crippen LogP contribution in [0.3, 0.4) is 0 Å². The molecule has 3 aromatic rings. The van der Waals surface area contributed by atoms with E-state index in [1.807, 2.05) is 35.2 Å². The van der Waals surface area contributed by atoms with Gasteiger partial charge in [0, 0.05) is 55.9 Å². The molecule has 1 aliphatic rings. The van der Waals surface area contributed by atoms with Crippen LogP contribution in [0.2, 0.25) is 0 Å². The summed E-state index contributed by atoms with van der Waals surface area (Å²) in [6.07, 6.45) is 1.81. The number of nitrogens with zero attached hydrogens (tertiary/aromatic N) is 3. The summed E-state index contributed by atoms with van der Waals surface area (Å²) >= 11 is 0. The number of anilines is 2. The lowest BCUT2D eigenvalue weighted by atomic mass is 10.2. The molecule has 0 radical (unpaired) electrons. The van der Waals surface area contributed by atoms with Gasteiger partial charge in [0.15, 0.2) is 17.3 Å². The number of rotatable bonds is 6. The van der Waals surface area contributed by atoms with E-state index in [4.69, 9.17) is 9.47 Å². The van der Waals surface area contributed by atoms with Crippen LogP contribution >= 0.6 is 0 Å². The second-order valence-corrected chi connectivity index (χ2v) is 7.16. The summed E-state index contributed by atoms with van der Waals surface area (Å²) in [5, 5.41) is 4.27. The van der Waals surface area contributed by atoms with Gasteiger partial charge in [0.25, 0.3) is 5.91 Å². The second-order valence-electron chi connectivity index (χ2n) is 7.16. The van der Waals surface area contributed by atoms with Gasteiger partial charge in [0.05, 0.1) is 19.9 Å². The van der Waals surface area contributed by atoms with E-state index < -0.39 is 0 Å². The van der Waals surface area contributed by atoms with E-state index >= 15 is 0 Å². The summed E-state index contributed by atoms with van der Waals surface area (Å²) in [6.45, 7) is 5.67. The van der Waals surface area contributed by atoms with Gasteiger partial charge in [0.1, 0.15) is 5.69 Å². The van der Waals surface area contributed by atoms with Crippen molar-refractivity contribution in [3.8, 4) is 11.5 Å². The molecule has 30 heavy (non-hydrogen) atoms. The molecular formula is C22H27N5O3. The van der Waals surface area contributed by atoms with Gasteiger partial charge < -0.3 is 29.6 Å². The average Bonchev–Trinajstić information content (AvgIpc) is 3.21. The highest BCUT2D eigenvalue weighted by atomic mass is 16.5. The van der Waals surface area contributed by atoms with E-state index in [0.717, 1.165) is 42.0 Å². The maximum atomic E-state index is 13.1. The summed E-state index contributed by atoms with van der Waals surface area (Å²) in [4.78, 5) is 24.9. The van der Waals surface area contributed by atoms with Gasteiger partial charge in [-0.3, -0.25) is 4.79 Å². The molecule has 3 heterocycles. The summed E-state index contributed by atoms with van der Waals surface area (Å²) in [7, 11) is 3.20. The Morgan fingerprint density at radius 1 is 1.13 bits per heavy atom. The molecule has 0 saturated carbocycles. The highest BCUT2D eigenvalue weighted by molar-refractivity contribution is 5.99. The number of pyridine rings is 1. The molecule has 8 heteroatoms. The first-order valence-corrected chi connectivity index (χ1v) is 10.1. The topological polar surface area (TPSA) is 82.7 Å². The molecule has 1 aromatic carbocycles. The number of H-pyrrole nitrogens is 1. The molecule has 2 N–H and O–H groups in total. The first-order valence-electron chi connectivity index (χ1n) is 10.1. The molecule has 1 aliphatic heterocycles. The average molecular weight is 409 g/mol. The number of piperazine rings is 1. The summed E-state index contributed by atoms with van der Waals surface area (Å²) in [6, 6.07) is 9.57. The van der Waals surface area contributed by atoms with Crippen LogP contribution in [0, 0.1) is 0 Å². The fourth-order valence-corrected chi connectivity index (χ4v) is 3.84. The zero-order valence-electron chi connectivity index (χ0n) is 17.6. The number of amides is 1. The summed E-state index contributed by atoms with van der Waals surface area (Å²) < 4.78 is 10.7. The SMILES string of the molecule is CCNc1cccnc1N1CCN(C(=O)c2cc3cc(OC)c(OC)cc3[nH]2)CC1. The molecule has 1 fully saturated rings. The number of fused-ring (bicyclic) bond motifs is 1. The van der Waals surface area contributed by atoms with Crippen molar-refractivity contribution in [1.29, 1.82) is 0 Å². The Morgan fingerprint density at radius 3 is 2.57 bits per heavy atom. The third-order valence-electron chi connectivity index (χ3n) is 5.38. The fraction of sp³-hybridized carbons (Fsp3) is 0.364. The molecule has 4 rings (SSSR count). The monoisotopic (exact) mass is 409 g/mol. The minimum absolute atomic E-state index is 0.00305. The minimum atomic E-state index is -0.00305.